The molecular formula is C16H18O2. The van der Waals surface area contributed by atoms with Crippen LogP contribution in [0, 0.1) is 0 Å². The van der Waals surface area contributed by atoms with E-state index in [9.17, 15) is 5.11 Å². The molecule has 2 rings (SSSR count). The molecule has 0 aromatic heterocycles. The predicted molar refractivity (Wildman–Crippen MR) is 73.3 cm³/mol. The van der Waals surface area contributed by atoms with Crippen molar-refractivity contribution in [3.05, 3.63) is 60.2 Å². The zero-order chi connectivity index (χ0) is 13.0. The number of benzene rings is 2. The van der Waals surface area contributed by atoms with E-state index in [0.29, 0.717) is 0 Å². The van der Waals surface area contributed by atoms with Crippen molar-refractivity contribution in [3.63, 3.8) is 0 Å². The zero-order valence-corrected chi connectivity index (χ0v) is 10.7. The second-order valence-corrected chi connectivity index (χ2v) is 4.37. The average molecular weight is 242 g/mol. The first-order chi connectivity index (χ1) is 8.72. The smallest absolute Gasteiger partial charge is 0.105 e. The lowest BCUT2D eigenvalue weighted by Crippen LogP contribution is -2.16. The van der Waals surface area contributed by atoms with Crippen molar-refractivity contribution < 1.29 is 9.84 Å². The maximum Gasteiger partial charge on any atom is 0.105 e. The highest BCUT2D eigenvalue weighted by Crippen LogP contribution is 2.23. The lowest BCUT2D eigenvalue weighted by atomic mass is 10.00. The van der Waals surface area contributed by atoms with Crippen molar-refractivity contribution in [2.24, 2.45) is 0 Å². The average Bonchev–Trinajstić information content (AvgIpc) is 2.47. The summed E-state index contributed by atoms with van der Waals surface area (Å²) in [5.74, 6) is 0. The fourth-order valence-electron chi connectivity index (χ4n) is 1.90. The first-order valence-corrected chi connectivity index (χ1v) is 6.08. The van der Waals surface area contributed by atoms with Crippen molar-refractivity contribution in [3.8, 4) is 11.1 Å². The van der Waals surface area contributed by atoms with Gasteiger partial charge in [-0.25, -0.2) is 0 Å². The molecule has 2 aromatic carbocycles. The Morgan fingerprint density at radius 1 is 0.889 bits per heavy atom. The lowest BCUT2D eigenvalue weighted by Gasteiger charge is -2.17. The second-order valence-electron chi connectivity index (χ2n) is 4.37. The van der Waals surface area contributed by atoms with Crippen molar-refractivity contribution in [2.45, 2.75) is 19.1 Å². The van der Waals surface area contributed by atoms with Gasteiger partial charge in [0.05, 0.1) is 6.10 Å². The van der Waals surface area contributed by atoms with Crippen molar-refractivity contribution in [1.82, 2.24) is 0 Å². The van der Waals surface area contributed by atoms with E-state index in [1.807, 2.05) is 49.4 Å². The quantitative estimate of drug-likeness (QED) is 0.890. The molecule has 0 radical (unpaired) electrons. The molecule has 2 aromatic rings. The summed E-state index contributed by atoms with van der Waals surface area (Å²) >= 11 is 0. The van der Waals surface area contributed by atoms with Crippen LogP contribution < -0.4 is 0 Å². The SMILES string of the molecule is COC(C)C(O)c1ccc(-c2ccccc2)cc1. The molecule has 2 heteroatoms. The Hall–Kier alpha value is -1.64. The van der Waals surface area contributed by atoms with Crippen LogP contribution in [0.2, 0.25) is 0 Å². The van der Waals surface area contributed by atoms with Crippen LogP contribution in [0.15, 0.2) is 54.6 Å². The molecule has 0 bridgehead atoms. The Bertz CT molecular complexity index is 476. The van der Waals surface area contributed by atoms with Gasteiger partial charge in [-0.05, 0) is 23.6 Å². The highest BCUT2D eigenvalue weighted by atomic mass is 16.5. The van der Waals surface area contributed by atoms with Gasteiger partial charge in [0, 0.05) is 7.11 Å². The van der Waals surface area contributed by atoms with Gasteiger partial charge < -0.3 is 9.84 Å². The van der Waals surface area contributed by atoms with Gasteiger partial charge >= 0.3 is 0 Å². The van der Waals surface area contributed by atoms with E-state index in [1.54, 1.807) is 7.11 Å². The second kappa shape index (κ2) is 5.80. The lowest BCUT2D eigenvalue weighted by molar-refractivity contribution is -0.00141. The molecular weight excluding hydrogens is 224 g/mol. The summed E-state index contributed by atoms with van der Waals surface area (Å²) < 4.78 is 5.13. The van der Waals surface area contributed by atoms with Gasteiger partial charge in [-0.1, -0.05) is 54.6 Å². The Morgan fingerprint density at radius 2 is 1.44 bits per heavy atom. The van der Waals surface area contributed by atoms with Gasteiger partial charge in [0.15, 0.2) is 0 Å². The Balaban J connectivity index is 2.20. The molecule has 0 amide bonds. The Labute approximate surface area is 108 Å². The predicted octanol–water partition coefficient (Wildman–Crippen LogP) is 3.42. The molecule has 18 heavy (non-hydrogen) atoms. The van der Waals surface area contributed by atoms with Crippen molar-refractivity contribution >= 4 is 0 Å². The molecule has 2 atom stereocenters. The Morgan fingerprint density at radius 3 is 2.00 bits per heavy atom. The molecule has 0 spiro atoms. The number of hydrogen-bond donors (Lipinski definition) is 1. The van der Waals surface area contributed by atoms with Gasteiger partial charge in [0.1, 0.15) is 6.10 Å². The molecule has 0 fully saturated rings. The first kappa shape index (κ1) is 12.8. The molecule has 2 unspecified atom stereocenters. The van der Waals surface area contributed by atoms with Crippen LogP contribution in [0.3, 0.4) is 0 Å². The minimum absolute atomic E-state index is 0.201. The molecule has 1 N–H and O–H groups in total. The normalized spacial score (nSPS) is 14.2. The summed E-state index contributed by atoms with van der Waals surface area (Å²) in [7, 11) is 1.60. The van der Waals surface area contributed by atoms with Crippen LogP contribution in [0.4, 0.5) is 0 Å². The molecule has 94 valence electrons. The summed E-state index contributed by atoms with van der Waals surface area (Å²) in [5.41, 5.74) is 3.21. The molecule has 0 saturated carbocycles. The van der Waals surface area contributed by atoms with E-state index >= 15 is 0 Å². The minimum atomic E-state index is -0.583. The zero-order valence-electron chi connectivity index (χ0n) is 10.7. The van der Waals surface area contributed by atoms with Crippen molar-refractivity contribution in [1.29, 1.82) is 0 Å². The number of hydrogen-bond acceptors (Lipinski definition) is 2. The maximum atomic E-state index is 10.0. The van der Waals surface area contributed by atoms with Crippen LogP contribution in [0.5, 0.6) is 0 Å². The number of methoxy groups -OCH3 is 1. The van der Waals surface area contributed by atoms with Gasteiger partial charge in [-0.3, -0.25) is 0 Å². The molecule has 0 aliphatic heterocycles. The van der Waals surface area contributed by atoms with Gasteiger partial charge in [-0.15, -0.1) is 0 Å². The van der Waals surface area contributed by atoms with Gasteiger partial charge in [-0.2, -0.15) is 0 Å². The maximum absolute atomic E-state index is 10.0. The molecule has 0 aliphatic rings. The summed E-state index contributed by atoms with van der Waals surface area (Å²) in [6.07, 6.45) is -0.785. The fourth-order valence-corrected chi connectivity index (χ4v) is 1.90. The summed E-state index contributed by atoms with van der Waals surface area (Å²) in [6, 6.07) is 18.1. The van der Waals surface area contributed by atoms with Crippen LogP contribution in [0.1, 0.15) is 18.6 Å². The highest BCUT2D eigenvalue weighted by Gasteiger charge is 2.15. The standard InChI is InChI=1S/C16H18O2/c1-12(18-2)16(17)15-10-8-14(9-11-15)13-6-4-3-5-7-13/h3-12,16-17H,1-2H3. The van der Waals surface area contributed by atoms with E-state index < -0.39 is 6.10 Å². The minimum Gasteiger partial charge on any atom is -0.386 e. The third-order valence-electron chi connectivity index (χ3n) is 3.18. The monoisotopic (exact) mass is 242 g/mol. The van der Waals surface area contributed by atoms with E-state index in [1.165, 1.54) is 5.56 Å². The summed E-state index contributed by atoms with van der Waals surface area (Å²) in [4.78, 5) is 0. The Kier molecular flexibility index (Phi) is 4.13. The van der Waals surface area contributed by atoms with Crippen LogP contribution >= 0.6 is 0 Å². The molecule has 0 aliphatic carbocycles. The number of rotatable bonds is 4. The number of aliphatic hydroxyl groups excluding tert-OH is 1. The third-order valence-corrected chi connectivity index (χ3v) is 3.18. The van der Waals surface area contributed by atoms with E-state index in [2.05, 4.69) is 12.1 Å². The molecule has 0 saturated heterocycles. The number of ether oxygens (including phenoxy) is 1. The van der Waals surface area contributed by atoms with E-state index in [0.717, 1.165) is 11.1 Å². The molecule has 2 nitrogen and oxygen atoms in total. The van der Waals surface area contributed by atoms with Gasteiger partial charge in [0.2, 0.25) is 0 Å². The summed E-state index contributed by atoms with van der Waals surface area (Å²) in [5, 5.41) is 10.0. The van der Waals surface area contributed by atoms with E-state index in [4.69, 9.17) is 4.74 Å². The number of aliphatic hydroxyl groups is 1. The van der Waals surface area contributed by atoms with Gasteiger partial charge in [0.25, 0.3) is 0 Å². The first-order valence-electron chi connectivity index (χ1n) is 6.08. The fraction of sp³-hybridized carbons (Fsp3) is 0.250. The highest BCUT2D eigenvalue weighted by molar-refractivity contribution is 5.63. The topological polar surface area (TPSA) is 29.5 Å². The summed E-state index contributed by atoms with van der Waals surface area (Å²) in [6.45, 7) is 1.86. The van der Waals surface area contributed by atoms with E-state index in [-0.39, 0.29) is 6.10 Å². The van der Waals surface area contributed by atoms with Crippen LogP contribution in [0.25, 0.3) is 11.1 Å². The largest absolute Gasteiger partial charge is 0.386 e. The third kappa shape index (κ3) is 2.78. The van der Waals surface area contributed by atoms with Crippen molar-refractivity contribution in [2.75, 3.05) is 7.11 Å². The molecule has 0 heterocycles. The van der Waals surface area contributed by atoms with Crippen LogP contribution in [-0.2, 0) is 4.74 Å². The van der Waals surface area contributed by atoms with Crippen LogP contribution in [-0.4, -0.2) is 18.3 Å².